The van der Waals surface area contributed by atoms with Gasteiger partial charge in [-0.1, -0.05) is 74.0 Å². The molecule has 2 heterocycles. The number of hydrogen-bond acceptors (Lipinski definition) is 3. The maximum Gasteiger partial charge on any atom is 0.220 e. The van der Waals surface area contributed by atoms with E-state index >= 15 is 0 Å². The van der Waals surface area contributed by atoms with Crippen LogP contribution in [0.25, 0.3) is 10.9 Å². The third kappa shape index (κ3) is 6.46. The van der Waals surface area contributed by atoms with Crippen molar-refractivity contribution in [3.05, 3.63) is 101 Å². The van der Waals surface area contributed by atoms with E-state index in [0.717, 1.165) is 54.0 Å². The molecule has 1 amide bonds. The highest BCUT2D eigenvalue weighted by Crippen LogP contribution is 2.36. The summed E-state index contributed by atoms with van der Waals surface area (Å²) < 4.78 is 6.15. The van der Waals surface area contributed by atoms with Crippen LogP contribution in [0.1, 0.15) is 60.8 Å². The second kappa shape index (κ2) is 12.8. The molecule has 198 valence electrons. The van der Waals surface area contributed by atoms with Gasteiger partial charge in [0.15, 0.2) is 0 Å². The number of amides is 1. The van der Waals surface area contributed by atoms with Gasteiger partial charge in [-0.25, -0.2) is 0 Å². The number of likely N-dealkylation sites (tertiary alicyclic amines) is 1. The Bertz CT molecular complexity index is 1320. The molecule has 5 nitrogen and oxygen atoms in total. The number of carbonyl (C=O) groups excluding carboxylic acids is 1. The molecule has 1 saturated heterocycles. The first-order chi connectivity index (χ1) is 18.7. The molecule has 1 aliphatic rings. The van der Waals surface area contributed by atoms with Crippen LogP contribution in [0.2, 0.25) is 0 Å². The standard InChI is InChI=1S/C33H39N3O2/c1-2-26-13-10-16-29-31(23-35-33(26)29)30(22-32(37)34-17-20-36-18-7-4-8-19-36)27-14-9-15-28(21-27)38-24-25-11-5-3-6-12-25/h3,5-6,9-16,21,23,30,35H,2,4,7-8,17-20,22,24H2,1H3,(H,34,37). The van der Waals surface area contributed by atoms with Crippen molar-refractivity contribution in [2.45, 2.75) is 51.6 Å². The van der Waals surface area contributed by atoms with Crippen LogP contribution in [0.5, 0.6) is 5.75 Å². The lowest BCUT2D eigenvalue weighted by molar-refractivity contribution is -0.121. The number of nitrogens with zero attached hydrogens (tertiary/aromatic N) is 1. The molecule has 3 aromatic carbocycles. The Hall–Kier alpha value is -3.57. The van der Waals surface area contributed by atoms with E-state index in [2.05, 4.69) is 70.8 Å². The van der Waals surface area contributed by atoms with E-state index in [1.165, 1.54) is 30.2 Å². The van der Waals surface area contributed by atoms with Crippen LogP contribution in [-0.2, 0) is 17.8 Å². The molecule has 1 unspecified atom stereocenters. The second-order valence-corrected chi connectivity index (χ2v) is 10.3. The van der Waals surface area contributed by atoms with Gasteiger partial charge in [0, 0.05) is 42.5 Å². The summed E-state index contributed by atoms with van der Waals surface area (Å²) in [5, 5.41) is 4.39. The van der Waals surface area contributed by atoms with Crippen molar-refractivity contribution in [2.24, 2.45) is 0 Å². The number of carbonyl (C=O) groups is 1. The number of nitrogens with one attached hydrogen (secondary N) is 2. The zero-order chi connectivity index (χ0) is 26.2. The lowest BCUT2D eigenvalue weighted by Crippen LogP contribution is -2.38. The topological polar surface area (TPSA) is 57.4 Å². The van der Waals surface area contributed by atoms with Gasteiger partial charge < -0.3 is 19.9 Å². The first-order valence-corrected chi connectivity index (χ1v) is 14.1. The van der Waals surface area contributed by atoms with Gasteiger partial charge in [0.25, 0.3) is 0 Å². The summed E-state index contributed by atoms with van der Waals surface area (Å²) in [6.45, 7) is 6.59. The van der Waals surface area contributed by atoms with Crippen molar-refractivity contribution in [1.82, 2.24) is 15.2 Å². The van der Waals surface area contributed by atoms with E-state index < -0.39 is 0 Å². The predicted molar refractivity (Wildman–Crippen MR) is 155 cm³/mol. The van der Waals surface area contributed by atoms with Crippen LogP contribution in [0, 0.1) is 0 Å². The van der Waals surface area contributed by atoms with Gasteiger partial charge in [0.2, 0.25) is 5.91 Å². The number of aromatic nitrogens is 1. The van der Waals surface area contributed by atoms with Crippen molar-refractivity contribution in [1.29, 1.82) is 0 Å². The number of ether oxygens (including phenoxy) is 1. The van der Waals surface area contributed by atoms with Crippen LogP contribution in [-0.4, -0.2) is 42.0 Å². The Morgan fingerprint density at radius 1 is 1.00 bits per heavy atom. The second-order valence-electron chi connectivity index (χ2n) is 10.3. The highest BCUT2D eigenvalue weighted by molar-refractivity contribution is 5.88. The van der Waals surface area contributed by atoms with Gasteiger partial charge in [-0.15, -0.1) is 0 Å². The largest absolute Gasteiger partial charge is 0.489 e. The van der Waals surface area contributed by atoms with Crippen LogP contribution < -0.4 is 10.1 Å². The van der Waals surface area contributed by atoms with E-state index in [-0.39, 0.29) is 11.8 Å². The molecule has 1 atom stereocenters. The Labute approximate surface area is 226 Å². The number of aromatic amines is 1. The summed E-state index contributed by atoms with van der Waals surface area (Å²) in [6.07, 6.45) is 7.29. The van der Waals surface area contributed by atoms with E-state index in [1.807, 2.05) is 30.3 Å². The van der Waals surface area contributed by atoms with E-state index in [9.17, 15) is 4.79 Å². The number of H-pyrrole nitrogens is 1. The van der Waals surface area contributed by atoms with E-state index in [0.29, 0.717) is 19.6 Å². The smallest absolute Gasteiger partial charge is 0.220 e. The predicted octanol–water partition coefficient (Wildman–Crippen LogP) is 6.43. The summed E-state index contributed by atoms with van der Waals surface area (Å²) >= 11 is 0. The normalized spacial score (nSPS) is 14.9. The molecular weight excluding hydrogens is 470 g/mol. The molecule has 4 aromatic rings. The summed E-state index contributed by atoms with van der Waals surface area (Å²) in [4.78, 5) is 19.2. The van der Waals surface area contributed by atoms with Crippen molar-refractivity contribution in [3.63, 3.8) is 0 Å². The van der Waals surface area contributed by atoms with Gasteiger partial charge >= 0.3 is 0 Å². The fraction of sp³-hybridized carbons (Fsp3) is 0.364. The van der Waals surface area contributed by atoms with Gasteiger partial charge in [-0.05, 0) is 66.7 Å². The van der Waals surface area contributed by atoms with Gasteiger partial charge in [0.1, 0.15) is 12.4 Å². The van der Waals surface area contributed by atoms with Crippen molar-refractivity contribution in [2.75, 3.05) is 26.2 Å². The molecule has 0 radical (unpaired) electrons. The molecule has 38 heavy (non-hydrogen) atoms. The number of rotatable bonds is 11. The number of benzene rings is 3. The van der Waals surface area contributed by atoms with Crippen LogP contribution in [0.15, 0.2) is 79.0 Å². The van der Waals surface area contributed by atoms with Crippen LogP contribution in [0.3, 0.4) is 0 Å². The van der Waals surface area contributed by atoms with Crippen molar-refractivity contribution >= 4 is 16.8 Å². The first kappa shape index (κ1) is 26.1. The lowest BCUT2D eigenvalue weighted by Gasteiger charge is -2.26. The molecule has 0 spiro atoms. The summed E-state index contributed by atoms with van der Waals surface area (Å²) in [5.74, 6) is 0.825. The number of para-hydroxylation sites is 1. The number of fused-ring (bicyclic) bond motifs is 1. The molecule has 1 aliphatic heterocycles. The average molecular weight is 510 g/mol. The molecule has 0 bridgehead atoms. The van der Waals surface area contributed by atoms with Crippen LogP contribution in [0.4, 0.5) is 0 Å². The minimum Gasteiger partial charge on any atom is -0.489 e. The monoisotopic (exact) mass is 509 g/mol. The first-order valence-electron chi connectivity index (χ1n) is 14.1. The third-order valence-electron chi connectivity index (χ3n) is 7.69. The lowest BCUT2D eigenvalue weighted by atomic mass is 9.87. The molecular formula is C33H39N3O2. The number of hydrogen-bond donors (Lipinski definition) is 2. The number of aryl methyl sites for hydroxylation is 1. The number of piperidine rings is 1. The zero-order valence-corrected chi connectivity index (χ0v) is 22.4. The highest BCUT2D eigenvalue weighted by Gasteiger charge is 2.23. The average Bonchev–Trinajstić information content (AvgIpc) is 3.40. The summed E-state index contributed by atoms with van der Waals surface area (Å²) in [6, 6.07) is 24.9. The fourth-order valence-corrected chi connectivity index (χ4v) is 5.59. The Morgan fingerprint density at radius 2 is 1.82 bits per heavy atom. The minimum atomic E-state index is -0.0777. The Balaban J connectivity index is 1.36. The molecule has 5 rings (SSSR count). The SMILES string of the molecule is CCc1cccc2c(C(CC(=O)NCCN3CCCCC3)c3cccc(OCc4ccccc4)c3)c[nH]c12. The Kier molecular flexibility index (Phi) is 8.77. The molecule has 1 aromatic heterocycles. The maximum absolute atomic E-state index is 13.2. The van der Waals surface area contributed by atoms with Gasteiger partial charge in [0.05, 0.1) is 0 Å². The minimum absolute atomic E-state index is 0.0777. The summed E-state index contributed by atoms with van der Waals surface area (Å²) in [5.41, 5.74) is 5.83. The summed E-state index contributed by atoms with van der Waals surface area (Å²) in [7, 11) is 0. The van der Waals surface area contributed by atoms with E-state index in [1.54, 1.807) is 0 Å². The third-order valence-corrected chi connectivity index (χ3v) is 7.69. The zero-order valence-electron chi connectivity index (χ0n) is 22.4. The van der Waals surface area contributed by atoms with Crippen molar-refractivity contribution < 1.29 is 9.53 Å². The van der Waals surface area contributed by atoms with Crippen molar-refractivity contribution in [3.8, 4) is 5.75 Å². The highest BCUT2D eigenvalue weighted by atomic mass is 16.5. The molecule has 5 heteroatoms. The Morgan fingerprint density at radius 3 is 2.63 bits per heavy atom. The fourth-order valence-electron chi connectivity index (χ4n) is 5.59. The molecule has 1 fully saturated rings. The van der Waals surface area contributed by atoms with Crippen LogP contribution >= 0.6 is 0 Å². The van der Waals surface area contributed by atoms with Gasteiger partial charge in [-0.3, -0.25) is 4.79 Å². The van der Waals surface area contributed by atoms with E-state index in [4.69, 9.17) is 4.74 Å². The maximum atomic E-state index is 13.2. The molecule has 0 saturated carbocycles. The molecule has 2 N–H and O–H groups in total. The molecule has 0 aliphatic carbocycles. The quantitative estimate of drug-likeness (QED) is 0.245. The van der Waals surface area contributed by atoms with Gasteiger partial charge in [-0.2, -0.15) is 0 Å².